The minimum atomic E-state index is -2.21. The quantitative estimate of drug-likeness (QED) is 0.723. The van der Waals surface area contributed by atoms with Gasteiger partial charge in [-0.2, -0.15) is 5.10 Å². The average Bonchev–Trinajstić information content (AvgIpc) is 3.03. The highest BCUT2D eigenvalue weighted by Gasteiger charge is 2.47. The average molecular weight is 298 g/mol. The maximum absolute atomic E-state index is 12.2. The predicted octanol–water partition coefficient (Wildman–Crippen LogP) is -0.482. The van der Waals surface area contributed by atoms with Crippen molar-refractivity contribution in [1.29, 1.82) is 0 Å². The minimum Gasteiger partial charge on any atom is -0.772 e. The Morgan fingerprint density at radius 2 is 2.25 bits per heavy atom. The van der Waals surface area contributed by atoms with E-state index in [0.717, 1.165) is 0 Å². The first kappa shape index (κ1) is 13.3. The lowest BCUT2D eigenvalue weighted by Crippen LogP contribution is -2.44. The summed E-state index contributed by atoms with van der Waals surface area (Å²) in [6.45, 7) is 0.460. The molecule has 0 spiro atoms. The number of hydrogen-bond donors (Lipinski definition) is 2. The van der Waals surface area contributed by atoms with Crippen molar-refractivity contribution in [2.75, 3.05) is 13.1 Å². The van der Waals surface area contributed by atoms with Crippen LogP contribution in [-0.2, 0) is 17.5 Å². The first-order valence-corrected chi connectivity index (χ1v) is 7.21. The number of H-pyrrole nitrogens is 1. The lowest BCUT2D eigenvalue weighted by molar-refractivity contribution is 0.0688. The molecule has 1 atom stereocenters. The lowest BCUT2D eigenvalue weighted by atomic mass is 10.0. The van der Waals surface area contributed by atoms with Gasteiger partial charge in [0.2, 0.25) is 0 Å². The molecule has 2 heterocycles. The van der Waals surface area contributed by atoms with E-state index in [1.165, 1.54) is 4.90 Å². The zero-order chi connectivity index (χ0) is 14.5. The molecule has 2 aliphatic rings. The molecule has 1 unspecified atom stereocenters. The number of fused-ring (bicyclic) bond motifs is 1. The topological polar surface area (TPSA) is 126 Å². The molecule has 2 N–H and O–H groups in total. The third-order valence-electron chi connectivity index (χ3n) is 3.84. The van der Waals surface area contributed by atoms with E-state index in [1.54, 1.807) is 0 Å². The van der Waals surface area contributed by atoms with E-state index in [4.69, 9.17) is 5.11 Å². The first-order valence-electron chi connectivity index (χ1n) is 6.14. The lowest BCUT2D eigenvalue weighted by Gasteiger charge is -2.31. The molecule has 1 saturated carbocycles. The van der Waals surface area contributed by atoms with Gasteiger partial charge in [0.15, 0.2) is 5.69 Å². The maximum atomic E-state index is 12.2. The van der Waals surface area contributed by atoms with Crippen LogP contribution in [0.1, 0.15) is 39.4 Å². The molecule has 0 radical (unpaired) electrons. The van der Waals surface area contributed by atoms with Crippen LogP contribution >= 0.6 is 0 Å². The summed E-state index contributed by atoms with van der Waals surface area (Å²) >= 11 is -2.21. The second-order valence-corrected chi connectivity index (χ2v) is 6.46. The van der Waals surface area contributed by atoms with E-state index >= 15 is 0 Å². The van der Waals surface area contributed by atoms with Gasteiger partial charge in [-0.25, -0.2) is 4.79 Å². The van der Waals surface area contributed by atoms with Gasteiger partial charge in [-0.15, -0.1) is 0 Å². The number of carbonyl (C=O) groups is 2. The molecule has 8 nitrogen and oxygen atoms in total. The van der Waals surface area contributed by atoms with Crippen molar-refractivity contribution in [3.05, 3.63) is 17.0 Å². The Morgan fingerprint density at radius 1 is 1.55 bits per heavy atom. The van der Waals surface area contributed by atoms with E-state index in [9.17, 15) is 18.4 Å². The van der Waals surface area contributed by atoms with Crippen molar-refractivity contribution in [2.24, 2.45) is 0 Å². The Morgan fingerprint density at radius 3 is 2.80 bits per heavy atom. The number of carboxylic acid groups (broad SMARTS) is 1. The Bertz CT molecular complexity index is 622. The van der Waals surface area contributed by atoms with Gasteiger partial charge < -0.3 is 14.6 Å². The molecule has 1 aromatic rings. The van der Waals surface area contributed by atoms with E-state index < -0.39 is 27.7 Å². The highest BCUT2D eigenvalue weighted by atomic mass is 32.2. The third kappa shape index (κ3) is 1.93. The zero-order valence-electron chi connectivity index (χ0n) is 10.4. The van der Waals surface area contributed by atoms with Crippen LogP contribution in [0.3, 0.4) is 0 Å². The van der Waals surface area contributed by atoms with Gasteiger partial charge in [-0.05, 0) is 30.3 Å². The Kier molecular flexibility index (Phi) is 2.91. The summed E-state index contributed by atoms with van der Waals surface area (Å²) in [6.07, 6.45) is 1.47. The summed E-state index contributed by atoms with van der Waals surface area (Å²) in [7, 11) is 0. The van der Waals surface area contributed by atoms with Crippen LogP contribution in [0.15, 0.2) is 0 Å². The van der Waals surface area contributed by atoms with E-state index in [-0.39, 0.29) is 17.9 Å². The molecule has 9 heteroatoms. The molecule has 1 aliphatic carbocycles. The van der Waals surface area contributed by atoms with Crippen molar-refractivity contribution in [3.63, 3.8) is 0 Å². The van der Waals surface area contributed by atoms with Crippen molar-refractivity contribution >= 4 is 23.0 Å². The first-order chi connectivity index (χ1) is 9.44. The van der Waals surface area contributed by atoms with Crippen molar-refractivity contribution in [1.82, 2.24) is 15.1 Å². The number of nitrogens with zero attached hydrogens (tertiary/aromatic N) is 2. The van der Waals surface area contributed by atoms with Gasteiger partial charge in [0.25, 0.3) is 5.91 Å². The minimum absolute atomic E-state index is 0.0680. The number of carbonyl (C=O) groups excluding carboxylic acids is 1. The molecule has 108 valence electrons. The molecule has 1 aromatic heterocycles. The zero-order valence-corrected chi connectivity index (χ0v) is 11.2. The van der Waals surface area contributed by atoms with Gasteiger partial charge >= 0.3 is 5.97 Å². The largest absolute Gasteiger partial charge is 0.772 e. The normalized spacial score (nSPS) is 21.4. The Hall–Kier alpha value is -1.74. The van der Waals surface area contributed by atoms with Gasteiger partial charge in [0.1, 0.15) is 5.69 Å². The van der Waals surface area contributed by atoms with Gasteiger partial charge in [0, 0.05) is 18.7 Å². The summed E-state index contributed by atoms with van der Waals surface area (Å²) in [6, 6.07) is 0. The highest BCUT2D eigenvalue weighted by molar-refractivity contribution is 7.81. The molecule has 0 saturated heterocycles. The second-order valence-electron chi connectivity index (χ2n) is 5.13. The maximum Gasteiger partial charge on any atom is 0.354 e. The summed E-state index contributed by atoms with van der Waals surface area (Å²) in [4.78, 5) is 24.6. The molecule has 20 heavy (non-hydrogen) atoms. The summed E-state index contributed by atoms with van der Waals surface area (Å²) < 4.78 is 21.5. The molecular weight excluding hydrogens is 286 g/mol. The van der Waals surface area contributed by atoms with Crippen molar-refractivity contribution < 1.29 is 23.5 Å². The van der Waals surface area contributed by atoms with Crippen LogP contribution in [-0.4, -0.2) is 58.7 Å². The Balaban J connectivity index is 1.83. The fourth-order valence-corrected chi connectivity index (χ4v) is 3.17. The van der Waals surface area contributed by atoms with Crippen LogP contribution in [0, 0.1) is 0 Å². The fraction of sp³-hybridized carbons (Fsp3) is 0.545. The van der Waals surface area contributed by atoms with Crippen molar-refractivity contribution in [2.45, 2.75) is 24.0 Å². The summed E-state index contributed by atoms with van der Waals surface area (Å²) in [5.74, 6) is -1.56. The van der Waals surface area contributed by atoms with Crippen LogP contribution in [0.4, 0.5) is 0 Å². The molecule has 1 amide bonds. The standard InChI is InChI=1S/C11H13N3O5S/c15-9-7-6(8(10(16)17)13-12-7)1-4-14(9)5-11(2-3-11)20(18)19/h1-5H2,(H,12,13)(H,16,17)(H,18,19)/p-1. The molecule has 0 aromatic carbocycles. The summed E-state index contributed by atoms with van der Waals surface area (Å²) in [5.41, 5.74) is 0.412. The van der Waals surface area contributed by atoms with E-state index in [1.807, 2.05) is 0 Å². The van der Waals surface area contributed by atoms with Crippen LogP contribution in [0.5, 0.6) is 0 Å². The SMILES string of the molecule is O=C(O)c1[nH]nc2c1CCN(CC1(S(=O)[O-])CC1)C2=O. The number of amides is 1. The van der Waals surface area contributed by atoms with Crippen LogP contribution in [0.25, 0.3) is 0 Å². The molecule has 0 bridgehead atoms. The number of aromatic nitrogens is 2. The van der Waals surface area contributed by atoms with Gasteiger partial charge in [-0.3, -0.25) is 14.1 Å². The second kappa shape index (κ2) is 4.38. The monoisotopic (exact) mass is 298 g/mol. The molecular formula is C11H12N3O5S-. The van der Waals surface area contributed by atoms with E-state index in [2.05, 4.69) is 10.2 Å². The molecule has 1 aliphatic heterocycles. The molecule has 1 fully saturated rings. The number of aromatic carboxylic acids is 1. The van der Waals surface area contributed by atoms with Crippen LogP contribution < -0.4 is 0 Å². The van der Waals surface area contributed by atoms with Crippen molar-refractivity contribution in [3.8, 4) is 0 Å². The summed E-state index contributed by atoms with van der Waals surface area (Å²) in [5, 5.41) is 15.1. The van der Waals surface area contributed by atoms with E-state index in [0.29, 0.717) is 31.4 Å². The van der Waals surface area contributed by atoms with Crippen LogP contribution in [0.2, 0.25) is 0 Å². The fourth-order valence-electron chi connectivity index (χ4n) is 2.48. The Labute approximate surface area is 116 Å². The number of carboxylic acids is 1. The number of rotatable bonds is 4. The smallest absolute Gasteiger partial charge is 0.354 e. The van der Waals surface area contributed by atoms with Gasteiger partial charge in [-0.1, -0.05) is 0 Å². The number of aromatic amines is 1. The number of nitrogens with one attached hydrogen (secondary N) is 1. The molecule has 3 rings (SSSR count). The highest BCUT2D eigenvalue weighted by Crippen LogP contribution is 2.42. The third-order valence-corrected chi connectivity index (χ3v) is 5.09. The number of hydrogen-bond acceptors (Lipinski definition) is 5. The predicted molar refractivity (Wildman–Crippen MR) is 66.0 cm³/mol. The van der Waals surface area contributed by atoms with Gasteiger partial charge in [0.05, 0.1) is 4.75 Å².